The van der Waals surface area contributed by atoms with Gasteiger partial charge < -0.3 is 15.7 Å². The van der Waals surface area contributed by atoms with E-state index in [9.17, 15) is 24.3 Å². The summed E-state index contributed by atoms with van der Waals surface area (Å²) < 4.78 is 0. The molecule has 0 radical (unpaired) electrons. The molecule has 2 fully saturated rings. The van der Waals surface area contributed by atoms with Gasteiger partial charge in [0, 0.05) is 33.9 Å². The molecule has 1 saturated heterocycles. The summed E-state index contributed by atoms with van der Waals surface area (Å²) in [7, 11) is 0. The van der Waals surface area contributed by atoms with Crippen LogP contribution in [0.4, 0.5) is 9.93 Å². The highest BCUT2D eigenvalue weighted by Gasteiger charge is 2.42. The first kappa shape index (κ1) is 25.0. The Morgan fingerprint density at radius 3 is 2.30 bits per heavy atom. The zero-order chi connectivity index (χ0) is 26.1. The van der Waals surface area contributed by atoms with E-state index in [1.54, 1.807) is 41.8 Å². The fourth-order valence-corrected chi connectivity index (χ4v) is 6.17. The molecule has 9 nitrogen and oxygen atoms in total. The summed E-state index contributed by atoms with van der Waals surface area (Å²) >= 11 is 2.60. The molecule has 2 unspecified atom stereocenters. The molecule has 3 aromatic rings. The molecule has 3 amide bonds. The van der Waals surface area contributed by atoms with Gasteiger partial charge in [-0.15, -0.1) is 23.1 Å². The summed E-state index contributed by atoms with van der Waals surface area (Å²) in [5, 5.41) is 17.2. The molecule has 2 atom stereocenters. The molecule has 0 spiro atoms. The van der Waals surface area contributed by atoms with E-state index in [2.05, 4.69) is 15.6 Å². The van der Waals surface area contributed by atoms with Crippen LogP contribution >= 0.6 is 23.1 Å². The van der Waals surface area contributed by atoms with Crippen molar-refractivity contribution in [3.05, 3.63) is 70.6 Å². The van der Waals surface area contributed by atoms with Gasteiger partial charge in [0.05, 0.1) is 5.69 Å². The normalized spacial score (nSPS) is 18.9. The highest BCUT2D eigenvalue weighted by Crippen LogP contribution is 2.42. The Balaban J connectivity index is 1.25. The minimum atomic E-state index is -1.20. The molecule has 2 heterocycles. The smallest absolute Gasteiger partial charge is 0.409 e. The lowest BCUT2D eigenvalue weighted by Crippen LogP contribution is -2.44. The van der Waals surface area contributed by atoms with Crippen molar-refractivity contribution in [2.45, 2.75) is 37.2 Å². The summed E-state index contributed by atoms with van der Waals surface area (Å²) in [5.74, 6) is -0.327. The maximum absolute atomic E-state index is 13.1. The van der Waals surface area contributed by atoms with E-state index in [4.69, 9.17) is 0 Å². The summed E-state index contributed by atoms with van der Waals surface area (Å²) in [6.07, 6.45) is 0.849. The lowest BCUT2D eigenvalue weighted by Gasteiger charge is -2.25. The number of anilines is 1. The first-order valence-electron chi connectivity index (χ1n) is 11.7. The summed E-state index contributed by atoms with van der Waals surface area (Å²) in [6, 6.07) is 13.3. The van der Waals surface area contributed by atoms with Crippen molar-refractivity contribution in [2.75, 3.05) is 11.1 Å². The molecule has 1 saturated carbocycles. The Kier molecular flexibility index (Phi) is 6.98. The van der Waals surface area contributed by atoms with E-state index in [-0.39, 0.29) is 17.7 Å². The second kappa shape index (κ2) is 10.3. The van der Waals surface area contributed by atoms with E-state index >= 15 is 0 Å². The highest BCUT2D eigenvalue weighted by molar-refractivity contribution is 7.99. The Bertz CT molecular complexity index is 1350. The zero-order valence-corrected chi connectivity index (χ0v) is 21.5. The molecule has 3 N–H and O–H groups in total. The van der Waals surface area contributed by atoms with Gasteiger partial charge in [-0.1, -0.05) is 36.4 Å². The van der Waals surface area contributed by atoms with Crippen LogP contribution in [-0.2, 0) is 4.79 Å². The van der Waals surface area contributed by atoms with Crippen LogP contribution in [0.3, 0.4) is 0 Å². The van der Waals surface area contributed by atoms with Crippen LogP contribution in [0.25, 0.3) is 11.3 Å². The number of nitrogens with one attached hydrogen (secondary N) is 2. The topological polar surface area (TPSA) is 129 Å². The number of aromatic nitrogens is 1. The lowest BCUT2D eigenvalue weighted by atomic mass is 10.1. The van der Waals surface area contributed by atoms with Gasteiger partial charge in [0.25, 0.3) is 5.91 Å². The van der Waals surface area contributed by atoms with Crippen molar-refractivity contribution in [1.82, 2.24) is 15.2 Å². The summed E-state index contributed by atoms with van der Waals surface area (Å²) in [5.41, 5.74) is 3.28. The fraction of sp³-hybridized carbons (Fsp3) is 0.269. The molecule has 37 heavy (non-hydrogen) atoms. The van der Waals surface area contributed by atoms with E-state index in [1.807, 2.05) is 12.1 Å². The number of amides is 3. The number of Topliss-reactive ketones (excluding diaryl/α,β-unsaturated/α-hetero) is 1. The van der Waals surface area contributed by atoms with Crippen molar-refractivity contribution in [3.8, 4) is 11.3 Å². The van der Waals surface area contributed by atoms with Crippen molar-refractivity contribution in [3.63, 3.8) is 0 Å². The van der Waals surface area contributed by atoms with Crippen molar-refractivity contribution >= 4 is 51.9 Å². The number of hydrogen-bond acceptors (Lipinski definition) is 7. The van der Waals surface area contributed by atoms with Gasteiger partial charge in [-0.25, -0.2) is 9.78 Å². The minimum Gasteiger partial charge on any atom is -0.465 e. The van der Waals surface area contributed by atoms with Crippen LogP contribution in [0.15, 0.2) is 53.9 Å². The number of nitrogens with zero attached hydrogens (tertiary/aromatic N) is 2. The quantitative estimate of drug-likeness (QED) is 0.375. The van der Waals surface area contributed by atoms with Gasteiger partial charge in [0.15, 0.2) is 10.9 Å². The number of carboxylic acid groups (broad SMARTS) is 1. The first-order chi connectivity index (χ1) is 17.8. The number of ketones is 1. The van der Waals surface area contributed by atoms with Gasteiger partial charge in [0.2, 0.25) is 5.91 Å². The molecule has 0 bridgehead atoms. The van der Waals surface area contributed by atoms with Crippen LogP contribution in [0.5, 0.6) is 0 Å². The Labute approximate surface area is 221 Å². The van der Waals surface area contributed by atoms with Crippen LogP contribution in [0, 0.1) is 0 Å². The Morgan fingerprint density at radius 2 is 1.68 bits per heavy atom. The predicted molar refractivity (Wildman–Crippen MR) is 142 cm³/mol. The standard InChI is InChI=1S/C26H24N4O5S2/c1-14(31)15-2-8-18(9-3-15)24-30(26(34)35)21(13-36-24)23(33)29-25-28-20(12-37-25)16-4-6-17(7-5-16)22(32)27-19-10-11-19/h2-9,12,19,21,24H,10-11,13H2,1H3,(H,27,32)(H,34,35)(H,28,29,33). The summed E-state index contributed by atoms with van der Waals surface area (Å²) in [6.45, 7) is 1.47. The minimum absolute atomic E-state index is 0.0733. The van der Waals surface area contributed by atoms with Gasteiger partial charge in [-0.05, 0) is 37.5 Å². The number of carbonyl (C=O) groups is 4. The number of thiazole rings is 1. The summed E-state index contributed by atoms with van der Waals surface area (Å²) in [4.78, 5) is 54.5. The number of hydrogen-bond donors (Lipinski definition) is 3. The van der Waals surface area contributed by atoms with E-state index in [0.29, 0.717) is 33.3 Å². The van der Waals surface area contributed by atoms with Crippen molar-refractivity contribution < 1.29 is 24.3 Å². The molecule has 190 valence electrons. The third kappa shape index (κ3) is 5.52. The monoisotopic (exact) mass is 536 g/mol. The number of carbonyl (C=O) groups excluding carboxylic acids is 3. The average Bonchev–Trinajstić information content (AvgIpc) is 3.39. The number of thioether (sulfide) groups is 1. The molecule has 1 aliphatic carbocycles. The first-order valence-corrected chi connectivity index (χ1v) is 13.6. The van der Waals surface area contributed by atoms with Crippen molar-refractivity contribution in [1.29, 1.82) is 0 Å². The Hall–Kier alpha value is -3.70. The van der Waals surface area contributed by atoms with Gasteiger partial charge in [-0.3, -0.25) is 19.3 Å². The molecule has 2 aliphatic rings. The van der Waals surface area contributed by atoms with Gasteiger partial charge >= 0.3 is 6.09 Å². The van der Waals surface area contributed by atoms with Crippen LogP contribution in [0.2, 0.25) is 0 Å². The molecular weight excluding hydrogens is 512 g/mol. The number of benzene rings is 2. The predicted octanol–water partition coefficient (Wildman–Crippen LogP) is 4.64. The fourth-order valence-electron chi connectivity index (χ4n) is 4.02. The lowest BCUT2D eigenvalue weighted by molar-refractivity contribution is -0.119. The molecule has 11 heteroatoms. The van der Waals surface area contributed by atoms with Crippen LogP contribution in [0.1, 0.15) is 51.4 Å². The van der Waals surface area contributed by atoms with E-state index < -0.39 is 23.4 Å². The second-order valence-electron chi connectivity index (χ2n) is 8.92. The molecule has 2 aromatic carbocycles. The molecule has 1 aromatic heterocycles. The Morgan fingerprint density at radius 1 is 1.00 bits per heavy atom. The number of rotatable bonds is 7. The third-order valence-electron chi connectivity index (χ3n) is 6.22. The van der Waals surface area contributed by atoms with E-state index in [0.717, 1.165) is 23.3 Å². The SMILES string of the molecule is CC(=O)c1ccc(C2SCC(C(=O)Nc3nc(-c4ccc(C(=O)NC5CC5)cc4)cs3)N2C(=O)O)cc1. The van der Waals surface area contributed by atoms with Gasteiger partial charge in [0.1, 0.15) is 11.4 Å². The zero-order valence-electron chi connectivity index (χ0n) is 19.8. The van der Waals surface area contributed by atoms with Crippen molar-refractivity contribution in [2.24, 2.45) is 0 Å². The van der Waals surface area contributed by atoms with E-state index in [1.165, 1.54) is 30.0 Å². The molecule has 5 rings (SSSR count). The largest absolute Gasteiger partial charge is 0.465 e. The van der Waals surface area contributed by atoms with Crippen LogP contribution in [-0.4, -0.2) is 56.5 Å². The third-order valence-corrected chi connectivity index (χ3v) is 8.30. The molecule has 1 aliphatic heterocycles. The highest BCUT2D eigenvalue weighted by atomic mass is 32.2. The van der Waals surface area contributed by atoms with Crippen LogP contribution < -0.4 is 10.6 Å². The molecular formula is C26H24N4O5S2. The maximum Gasteiger partial charge on any atom is 0.409 e. The maximum atomic E-state index is 13.1. The second-order valence-corrected chi connectivity index (χ2v) is 10.9. The average molecular weight is 537 g/mol. The van der Waals surface area contributed by atoms with Gasteiger partial charge in [-0.2, -0.15) is 0 Å².